The van der Waals surface area contributed by atoms with Gasteiger partial charge in [-0.15, -0.1) is 0 Å². The highest BCUT2D eigenvalue weighted by atomic mass is 16.3. The van der Waals surface area contributed by atoms with Gasteiger partial charge < -0.3 is 15.3 Å². The molecule has 2 atom stereocenters. The van der Waals surface area contributed by atoms with Crippen LogP contribution < -0.4 is 5.32 Å². The molecule has 1 fully saturated rings. The Morgan fingerprint density at radius 3 is 2.56 bits per heavy atom. The zero-order chi connectivity index (χ0) is 12.1. The predicted molar refractivity (Wildman–Crippen MR) is 59.7 cm³/mol. The van der Waals surface area contributed by atoms with E-state index in [9.17, 15) is 9.59 Å². The fourth-order valence-electron chi connectivity index (χ4n) is 2.24. The van der Waals surface area contributed by atoms with Gasteiger partial charge in [0.15, 0.2) is 0 Å². The van der Waals surface area contributed by atoms with Crippen LogP contribution in [0.4, 0.5) is 0 Å². The molecule has 0 bridgehead atoms. The molecule has 92 valence electrons. The number of rotatable bonds is 3. The first-order valence-corrected chi connectivity index (χ1v) is 5.66. The van der Waals surface area contributed by atoms with Crippen molar-refractivity contribution >= 4 is 11.8 Å². The van der Waals surface area contributed by atoms with E-state index in [0.29, 0.717) is 19.5 Å². The van der Waals surface area contributed by atoms with Gasteiger partial charge in [0.25, 0.3) is 0 Å². The average molecular weight is 228 g/mol. The molecule has 0 radical (unpaired) electrons. The summed E-state index contributed by atoms with van der Waals surface area (Å²) in [5.41, 5.74) is 0. The Hall–Kier alpha value is -1.10. The molecule has 2 unspecified atom stereocenters. The van der Waals surface area contributed by atoms with Gasteiger partial charge in [0, 0.05) is 39.6 Å². The van der Waals surface area contributed by atoms with Gasteiger partial charge in [0.05, 0.1) is 0 Å². The summed E-state index contributed by atoms with van der Waals surface area (Å²) in [5, 5.41) is 11.8. The summed E-state index contributed by atoms with van der Waals surface area (Å²) in [4.78, 5) is 24.1. The fraction of sp³-hybridized carbons (Fsp3) is 0.818. The Morgan fingerprint density at radius 2 is 2.06 bits per heavy atom. The van der Waals surface area contributed by atoms with E-state index in [1.165, 1.54) is 13.8 Å². The highest BCUT2D eigenvalue weighted by Gasteiger charge is 2.28. The quantitative estimate of drug-likeness (QED) is 0.699. The van der Waals surface area contributed by atoms with Gasteiger partial charge in [-0.25, -0.2) is 0 Å². The maximum Gasteiger partial charge on any atom is 0.219 e. The number of aliphatic hydroxyl groups is 1. The summed E-state index contributed by atoms with van der Waals surface area (Å²) in [6.45, 7) is 4.41. The van der Waals surface area contributed by atoms with Crippen LogP contribution in [0.1, 0.15) is 26.7 Å². The van der Waals surface area contributed by atoms with Crippen LogP contribution in [0.5, 0.6) is 0 Å². The first-order valence-electron chi connectivity index (χ1n) is 5.66. The Bertz CT molecular complexity index is 268. The van der Waals surface area contributed by atoms with Crippen molar-refractivity contribution in [3.05, 3.63) is 0 Å². The number of nitrogens with one attached hydrogen (secondary N) is 1. The third-order valence-electron chi connectivity index (χ3n) is 2.93. The van der Waals surface area contributed by atoms with Crippen LogP contribution in [-0.4, -0.2) is 47.6 Å². The third kappa shape index (κ3) is 3.81. The van der Waals surface area contributed by atoms with Gasteiger partial charge >= 0.3 is 0 Å². The molecule has 0 spiro atoms. The molecule has 0 saturated carbocycles. The van der Waals surface area contributed by atoms with E-state index in [1.54, 1.807) is 4.90 Å². The Morgan fingerprint density at radius 1 is 1.38 bits per heavy atom. The number of carbonyl (C=O) groups excluding carboxylic acids is 2. The van der Waals surface area contributed by atoms with Crippen molar-refractivity contribution in [1.82, 2.24) is 10.2 Å². The van der Waals surface area contributed by atoms with E-state index >= 15 is 0 Å². The SMILES string of the molecule is CC(=O)NC1CC(CCO)CN(C(C)=O)C1. The monoisotopic (exact) mass is 228 g/mol. The number of hydrogen-bond donors (Lipinski definition) is 2. The second-order valence-corrected chi connectivity index (χ2v) is 4.44. The lowest BCUT2D eigenvalue weighted by atomic mass is 9.91. The van der Waals surface area contributed by atoms with Gasteiger partial charge in [0.1, 0.15) is 0 Å². The van der Waals surface area contributed by atoms with E-state index in [0.717, 1.165) is 6.42 Å². The normalized spacial score (nSPS) is 25.3. The van der Waals surface area contributed by atoms with Crippen LogP contribution in [0.25, 0.3) is 0 Å². The van der Waals surface area contributed by atoms with E-state index in [-0.39, 0.29) is 30.4 Å². The number of nitrogens with zero attached hydrogens (tertiary/aromatic N) is 1. The minimum atomic E-state index is -0.0712. The smallest absolute Gasteiger partial charge is 0.219 e. The summed E-state index contributed by atoms with van der Waals surface area (Å²) in [7, 11) is 0. The van der Waals surface area contributed by atoms with Crippen molar-refractivity contribution in [2.75, 3.05) is 19.7 Å². The average Bonchev–Trinajstić information content (AvgIpc) is 2.16. The summed E-state index contributed by atoms with van der Waals surface area (Å²) < 4.78 is 0. The fourth-order valence-corrected chi connectivity index (χ4v) is 2.24. The van der Waals surface area contributed by atoms with Gasteiger partial charge in [0.2, 0.25) is 11.8 Å². The van der Waals surface area contributed by atoms with Gasteiger partial charge in [-0.1, -0.05) is 0 Å². The molecule has 0 aliphatic carbocycles. The summed E-state index contributed by atoms with van der Waals surface area (Å²) in [6, 6.07) is 0.0201. The number of hydrogen-bond acceptors (Lipinski definition) is 3. The molecule has 0 aromatic rings. The van der Waals surface area contributed by atoms with Crippen LogP contribution >= 0.6 is 0 Å². The molecule has 1 aliphatic heterocycles. The molecule has 16 heavy (non-hydrogen) atoms. The van der Waals surface area contributed by atoms with Gasteiger partial charge in [-0.3, -0.25) is 9.59 Å². The number of amides is 2. The van der Waals surface area contributed by atoms with Crippen molar-refractivity contribution in [3.8, 4) is 0 Å². The van der Waals surface area contributed by atoms with E-state index in [1.807, 2.05) is 0 Å². The van der Waals surface area contributed by atoms with E-state index in [4.69, 9.17) is 5.11 Å². The Labute approximate surface area is 95.8 Å². The molecular formula is C11H20N2O3. The summed E-state index contributed by atoms with van der Waals surface area (Å²) >= 11 is 0. The second kappa shape index (κ2) is 5.84. The summed E-state index contributed by atoms with van der Waals surface area (Å²) in [5.74, 6) is 0.232. The third-order valence-corrected chi connectivity index (χ3v) is 2.93. The predicted octanol–water partition coefficient (Wildman–Crippen LogP) is -0.258. The maximum atomic E-state index is 11.3. The van der Waals surface area contributed by atoms with Crippen LogP contribution in [0.2, 0.25) is 0 Å². The Kier molecular flexibility index (Phi) is 4.73. The van der Waals surface area contributed by atoms with Gasteiger partial charge in [-0.05, 0) is 18.8 Å². The standard InChI is InChI=1S/C11H20N2O3/c1-8(15)12-11-5-10(3-4-14)6-13(7-11)9(2)16/h10-11,14H,3-7H2,1-2H3,(H,12,15). The largest absolute Gasteiger partial charge is 0.396 e. The molecule has 0 aromatic carbocycles. The van der Waals surface area contributed by atoms with E-state index < -0.39 is 0 Å². The van der Waals surface area contributed by atoms with Crippen molar-refractivity contribution in [2.45, 2.75) is 32.7 Å². The van der Waals surface area contributed by atoms with E-state index in [2.05, 4.69) is 5.32 Å². The van der Waals surface area contributed by atoms with Crippen molar-refractivity contribution in [1.29, 1.82) is 0 Å². The first-order chi connectivity index (χ1) is 7.52. The maximum absolute atomic E-state index is 11.3. The Balaban J connectivity index is 2.58. The topological polar surface area (TPSA) is 69.6 Å². The highest BCUT2D eigenvalue weighted by Crippen LogP contribution is 2.19. The number of piperidine rings is 1. The van der Waals surface area contributed by atoms with Crippen LogP contribution in [0.3, 0.4) is 0 Å². The molecule has 1 rings (SSSR count). The van der Waals surface area contributed by atoms with Crippen molar-refractivity contribution in [2.24, 2.45) is 5.92 Å². The number of carbonyl (C=O) groups is 2. The lowest BCUT2D eigenvalue weighted by molar-refractivity contribution is -0.132. The highest BCUT2D eigenvalue weighted by molar-refractivity contribution is 5.74. The van der Waals surface area contributed by atoms with Crippen LogP contribution in [-0.2, 0) is 9.59 Å². The minimum absolute atomic E-state index is 0.0201. The molecule has 1 saturated heterocycles. The molecular weight excluding hydrogens is 208 g/mol. The molecule has 1 aliphatic rings. The van der Waals surface area contributed by atoms with Crippen LogP contribution in [0, 0.1) is 5.92 Å². The zero-order valence-electron chi connectivity index (χ0n) is 9.90. The molecule has 1 heterocycles. The summed E-state index contributed by atoms with van der Waals surface area (Å²) in [6.07, 6.45) is 1.52. The van der Waals surface area contributed by atoms with Gasteiger partial charge in [-0.2, -0.15) is 0 Å². The first kappa shape index (κ1) is 13.0. The van der Waals surface area contributed by atoms with Crippen LogP contribution in [0.15, 0.2) is 0 Å². The van der Waals surface area contributed by atoms with Crippen molar-refractivity contribution < 1.29 is 14.7 Å². The molecule has 2 N–H and O–H groups in total. The number of aliphatic hydroxyl groups excluding tert-OH is 1. The molecule has 2 amide bonds. The molecule has 5 heteroatoms. The zero-order valence-corrected chi connectivity index (χ0v) is 9.90. The molecule has 0 aromatic heterocycles. The lowest BCUT2D eigenvalue weighted by Crippen LogP contribution is -2.51. The van der Waals surface area contributed by atoms with Crippen molar-refractivity contribution in [3.63, 3.8) is 0 Å². The minimum Gasteiger partial charge on any atom is -0.396 e. The lowest BCUT2D eigenvalue weighted by Gasteiger charge is -2.37. The number of likely N-dealkylation sites (tertiary alicyclic amines) is 1. The molecule has 5 nitrogen and oxygen atoms in total. The second-order valence-electron chi connectivity index (χ2n) is 4.44.